The van der Waals surface area contributed by atoms with Crippen LogP contribution in [-0.4, -0.2) is 23.5 Å². The van der Waals surface area contributed by atoms with Crippen molar-refractivity contribution in [1.82, 2.24) is 5.32 Å². The van der Waals surface area contributed by atoms with Crippen molar-refractivity contribution in [3.8, 4) is 0 Å². The first kappa shape index (κ1) is 18.7. The Morgan fingerprint density at radius 2 is 2.00 bits per heavy atom. The minimum atomic E-state index is -1.73. The number of rotatable bonds is 5. The molecule has 140 valence electrons. The number of furan rings is 2. The number of nitrogens with one attached hydrogen (secondary N) is 2. The van der Waals surface area contributed by atoms with Crippen molar-refractivity contribution in [3.05, 3.63) is 77.4 Å². The zero-order valence-electron chi connectivity index (χ0n) is 13.7. The minimum absolute atomic E-state index is 0.151. The highest BCUT2D eigenvalue weighted by Crippen LogP contribution is 2.29. The summed E-state index contributed by atoms with van der Waals surface area (Å²) >= 11 is 5.63. The number of halogens is 2. The van der Waals surface area contributed by atoms with Gasteiger partial charge in [0.2, 0.25) is 0 Å². The van der Waals surface area contributed by atoms with Gasteiger partial charge in [-0.05, 0) is 36.4 Å². The molecule has 0 aliphatic rings. The molecule has 27 heavy (non-hydrogen) atoms. The van der Waals surface area contributed by atoms with E-state index in [4.69, 9.17) is 20.4 Å². The van der Waals surface area contributed by atoms with Gasteiger partial charge in [-0.25, -0.2) is 4.39 Å². The molecule has 0 saturated carbocycles. The van der Waals surface area contributed by atoms with Crippen LogP contribution in [0.1, 0.15) is 11.3 Å². The van der Waals surface area contributed by atoms with Gasteiger partial charge < -0.3 is 24.6 Å². The quantitative estimate of drug-likeness (QED) is 0.579. The molecule has 2 heterocycles. The molecule has 1 aromatic carbocycles. The second-order valence-corrected chi connectivity index (χ2v) is 6.02. The lowest BCUT2D eigenvalue weighted by atomic mass is 9.93. The minimum Gasteiger partial charge on any atom is -0.472 e. The van der Waals surface area contributed by atoms with Gasteiger partial charge in [0.15, 0.2) is 5.60 Å². The fourth-order valence-corrected chi connectivity index (χ4v) is 2.58. The van der Waals surface area contributed by atoms with Crippen molar-refractivity contribution in [3.63, 3.8) is 0 Å². The Bertz CT molecular complexity index is 907. The summed E-state index contributed by atoms with van der Waals surface area (Å²) in [6.45, 7) is -0.351. The average Bonchev–Trinajstić information content (AvgIpc) is 3.36. The fraction of sp³-hybridized carbons (Fsp3) is 0.111. The van der Waals surface area contributed by atoms with E-state index < -0.39 is 23.2 Å². The van der Waals surface area contributed by atoms with Crippen LogP contribution in [0.15, 0.2) is 64.0 Å². The zero-order chi connectivity index (χ0) is 19.4. The van der Waals surface area contributed by atoms with Gasteiger partial charge in [0, 0.05) is 11.3 Å². The lowest BCUT2D eigenvalue weighted by Crippen LogP contribution is -2.45. The summed E-state index contributed by atoms with van der Waals surface area (Å²) < 4.78 is 23.4. The second-order valence-electron chi connectivity index (χ2n) is 5.62. The molecule has 0 unspecified atom stereocenters. The number of anilines is 1. The summed E-state index contributed by atoms with van der Waals surface area (Å²) in [6.07, 6.45) is 4.03. The SMILES string of the molecule is O=C(NC[C@](O)(c1ccoc1)c1ccco1)C(=O)Nc1ccc(F)c(Cl)c1. The first-order valence-corrected chi connectivity index (χ1v) is 8.11. The monoisotopic (exact) mass is 392 g/mol. The molecule has 0 bridgehead atoms. The van der Waals surface area contributed by atoms with Gasteiger partial charge in [0.25, 0.3) is 0 Å². The third-order valence-corrected chi connectivity index (χ3v) is 4.11. The molecule has 0 fully saturated rings. The van der Waals surface area contributed by atoms with E-state index in [0.717, 1.165) is 6.07 Å². The summed E-state index contributed by atoms with van der Waals surface area (Å²) in [6, 6.07) is 8.11. The van der Waals surface area contributed by atoms with Crippen molar-refractivity contribution >= 4 is 29.1 Å². The number of benzene rings is 1. The predicted molar refractivity (Wildman–Crippen MR) is 93.5 cm³/mol. The third-order valence-electron chi connectivity index (χ3n) is 3.82. The van der Waals surface area contributed by atoms with Crippen LogP contribution in [0, 0.1) is 5.82 Å². The maximum atomic E-state index is 13.1. The zero-order valence-corrected chi connectivity index (χ0v) is 14.5. The first-order chi connectivity index (χ1) is 12.9. The molecule has 3 N–H and O–H groups in total. The van der Waals surface area contributed by atoms with Gasteiger partial charge in [-0.1, -0.05) is 11.6 Å². The van der Waals surface area contributed by atoms with E-state index in [-0.39, 0.29) is 23.0 Å². The van der Waals surface area contributed by atoms with Crippen LogP contribution in [0.4, 0.5) is 10.1 Å². The summed E-state index contributed by atoms with van der Waals surface area (Å²) in [5, 5.41) is 15.4. The molecular formula is C18H14ClFN2O5. The Balaban J connectivity index is 1.69. The molecule has 3 rings (SSSR count). The Morgan fingerprint density at radius 1 is 1.19 bits per heavy atom. The molecule has 7 nitrogen and oxygen atoms in total. The van der Waals surface area contributed by atoms with Crippen molar-refractivity contribution in [2.45, 2.75) is 5.60 Å². The van der Waals surface area contributed by atoms with E-state index in [9.17, 15) is 19.1 Å². The van der Waals surface area contributed by atoms with Gasteiger partial charge in [0.05, 0.1) is 30.4 Å². The Hall–Kier alpha value is -3.10. The molecule has 0 radical (unpaired) electrons. The summed E-state index contributed by atoms with van der Waals surface area (Å²) in [7, 11) is 0. The van der Waals surface area contributed by atoms with Crippen LogP contribution in [0.2, 0.25) is 5.02 Å². The normalized spacial score (nSPS) is 13.0. The van der Waals surface area contributed by atoms with Crippen LogP contribution in [0.5, 0.6) is 0 Å². The van der Waals surface area contributed by atoms with Crippen molar-refractivity contribution in [2.24, 2.45) is 0 Å². The standard InChI is InChI=1S/C18H14ClFN2O5/c19-13-8-12(3-4-14(13)20)22-17(24)16(23)21-10-18(25,11-5-7-26-9-11)15-2-1-6-27-15/h1-9,25H,10H2,(H,21,23)(H,22,24)/t18-/m0/s1. The van der Waals surface area contributed by atoms with Crippen molar-refractivity contribution in [1.29, 1.82) is 0 Å². The number of hydrogen-bond acceptors (Lipinski definition) is 5. The molecule has 1 atom stereocenters. The highest BCUT2D eigenvalue weighted by Gasteiger charge is 2.36. The molecule has 0 aliphatic heterocycles. The summed E-state index contributed by atoms with van der Waals surface area (Å²) in [5.41, 5.74) is -1.24. The van der Waals surface area contributed by atoms with Crippen LogP contribution in [-0.2, 0) is 15.2 Å². The van der Waals surface area contributed by atoms with Crippen LogP contribution < -0.4 is 10.6 Å². The van der Waals surface area contributed by atoms with Gasteiger partial charge in [-0.3, -0.25) is 9.59 Å². The molecule has 0 aliphatic carbocycles. The van der Waals surface area contributed by atoms with E-state index in [0.29, 0.717) is 5.56 Å². The lowest BCUT2D eigenvalue weighted by molar-refractivity contribution is -0.136. The Kier molecular flexibility index (Phi) is 5.29. The Morgan fingerprint density at radius 3 is 2.63 bits per heavy atom. The van der Waals surface area contributed by atoms with Crippen LogP contribution in [0.25, 0.3) is 0 Å². The van der Waals surface area contributed by atoms with Crippen molar-refractivity contribution in [2.75, 3.05) is 11.9 Å². The number of amides is 2. The van der Waals surface area contributed by atoms with Gasteiger partial charge in [0.1, 0.15) is 11.6 Å². The van der Waals surface area contributed by atoms with E-state index in [1.807, 2.05) is 0 Å². The maximum absolute atomic E-state index is 13.1. The number of aliphatic hydroxyl groups is 1. The number of hydrogen-bond donors (Lipinski definition) is 3. The third kappa shape index (κ3) is 4.02. The Labute approximate surface area is 157 Å². The van der Waals surface area contributed by atoms with Crippen LogP contribution in [0.3, 0.4) is 0 Å². The number of carbonyl (C=O) groups is 2. The topological polar surface area (TPSA) is 105 Å². The molecule has 2 aromatic heterocycles. The number of carbonyl (C=O) groups excluding carboxylic acids is 2. The van der Waals surface area contributed by atoms with Crippen LogP contribution >= 0.6 is 11.6 Å². The second kappa shape index (κ2) is 7.65. The highest BCUT2D eigenvalue weighted by atomic mass is 35.5. The van der Waals surface area contributed by atoms with E-state index in [1.165, 1.54) is 43.1 Å². The summed E-state index contributed by atoms with van der Waals surface area (Å²) in [4.78, 5) is 24.1. The average molecular weight is 393 g/mol. The highest BCUT2D eigenvalue weighted by molar-refractivity contribution is 6.39. The lowest BCUT2D eigenvalue weighted by Gasteiger charge is -2.25. The molecule has 2 amide bonds. The van der Waals surface area contributed by atoms with Gasteiger partial charge >= 0.3 is 11.8 Å². The van der Waals surface area contributed by atoms with E-state index in [2.05, 4.69) is 10.6 Å². The largest absolute Gasteiger partial charge is 0.472 e. The smallest absolute Gasteiger partial charge is 0.313 e. The molecule has 9 heteroatoms. The predicted octanol–water partition coefficient (Wildman–Crippen LogP) is 2.66. The molecule has 3 aromatic rings. The molecular weight excluding hydrogens is 379 g/mol. The van der Waals surface area contributed by atoms with Gasteiger partial charge in [-0.15, -0.1) is 0 Å². The van der Waals surface area contributed by atoms with E-state index in [1.54, 1.807) is 6.07 Å². The van der Waals surface area contributed by atoms with E-state index >= 15 is 0 Å². The van der Waals surface area contributed by atoms with Gasteiger partial charge in [-0.2, -0.15) is 0 Å². The fourth-order valence-electron chi connectivity index (χ4n) is 2.40. The van der Waals surface area contributed by atoms with Crippen molar-refractivity contribution < 1.29 is 27.9 Å². The maximum Gasteiger partial charge on any atom is 0.313 e. The molecule has 0 spiro atoms. The molecule has 0 saturated heterocycles. The summed E-state index contributed by atoms with van der Waals surface area (Å²) in [5.74, 6) is -2.51. The first-order valence-electron chi connectivity index (χ1n) is 7.73.